The molecule has 2 aromatic carbocycles. The van der Waals surface area contributed by atoms with Crippen molar-refractivity contribution < 1.29 is 9.53 Å². The lowest BCUT2D eigenvalue weighted by Crippen LogP contribution is -2.19. The van der Waals surface area contributed by atoms with E-state index in [9.17, 15) is 4.79 Å². The van der Waals surface area contributed by atoms with Gasteiger partial charge in [-0.05, 0) is 43.2 Å². The maximum atomic E-state index is 12.0. The number of nitrogens with zero attached hydrogens (tertiary/aromatic N) is 1. The fourth-order valence-corrected chi connectivity index (χ4v) is 3.13. The fourth-order valence-electron chi connectivity index (χ4n) is 2.18. The van der Waals surface area contributed by atoms with E-state index in [1.807, 2.05) is 37.3 Å². The first-order chi connectivity index (χ1) is 11.1. The number of thiazole rings is 1. The van der Waals surface area contributed by atoms with E-state index in [0.29, 0.717) is 10.9 Å². The highest BCUT2D eigenvalue weighted by Crippen LogP contribution is 2.27. The normalized spacial score (nSPS) is 10.7. The Balaban J connectivity index is 1.62. The van der Waals surface area contributed by atoms with Gasteiger partial charge < -0.3 is 4.74 Å². The van der Waals surface area contributed by atoms with Crippen molar-refractivity contribution in [2.24, 2.45) is 0 Å². The maximum Gasteiger partial charge on any atom is 0.264 e. The average molecular weight is 326 g/mol. The number of aryl methyl sites for hydroxylation is 2. The third-order valence-corrected chi connectivity index (χ3v) is 4.43. The van der Waals surface area contributed by atoms with Crippen molar-refractivity contribution in [2.75, 3.05) is 11.9 Å². The molecule has 0 atom stereocenters. The number of ether oxygens (including phenoxy) is 1. The van der Waals surface area contributed by atoms with Gasteiger partial charge in [0.1, 0.15) is 5.75 Å². The summed E-state index contributed by atoms with van der Waals surface area (Å²) in [5, 5.41) is 3.40. The van der Waals surface area contributed by atoms with Crippen molar-refractivity contribution in [2.45, 2.75) is 20.3 Å². The van der Waals surface area contributed by atoms with Crippen molar-refractivity contribution in [3.8, 4) is 5.75 Å². The minimum atomic E-state index is -0.208. The molecule has 0 aliphatic heterocycles. The highest BCUT2D eigenvalue weighted by atomic mass is 32.1. The van der Waals surface area contributed by atoms with Gasteiger partial charge in [0.05, 0.1) is 10.2 Å². The third kappa shape index (κ3) is 3.87. The molecule has 0 unspecified atom stereocenters. The monoisotopic (exact) mass is 326 g/mol. The van der Waals surface area contributed by atoms with E-state index in [1.54, 1.807) is 0 Å². The summed E-state index contributed by atoms with van der Waals surface area (Å²) < 4.78 is 6.55. The molecule has 0 saturated heterocycles. The van der Waals surface area contributed by atoms with Crippen LogP contribution in [0.25, 0.3) is 10.2 Å². The third-order valence-electron chi connectivity index (χ3n) is 3.50. The molecule has 0 bridgehead atoms. The summed E-state index contributed by atoms with van der Waals surface area (Å²) in [6.07, 6.45) is 0.986. The van der Waals surface area contributed by atoms with Gasteiger partial charge in [0, 0.05) is 0 Å². The van der Waals surface area contributed by atoms with Crippen LogP contribution in [0.4, 0.5) is 5.13 Å². The van der Waals surface area contributed by atoms with Crippen molar-refractivity contribution in [1.82, 2.24) is 4.98 Å². The zero-order valence-corrected chi connectivity index (χ0v) is 13.9. The van der Waals surface area contributed by atoms with Gasteiger partial charge in [-0.1, -0.05) is 42.0 Å². The van der Waals surface area contributed by atoms with Crippen molar-refractivity contribution >= 4 is 32.6 Å². The Bertz CT molecular complexity index is 825. The van der Waals surface area contributed by atoms with E-state index >= 15 is 0 Å². The van der Waals surface area contributed by atoms with Gasteiger partial charge in [0.2, 0.25) is 0 Å². The van der Waals surface area contributed by atoms with E-state index in [4.69, 9.17) is 4.74 Å². The van der Waals surface area contributed by atoms with E-state index in [2.05, 4.69) is 29.4 Å². The number of carbonyl (C=O) groups excluding carboxylic acids is 1. The zero-order valence-electron chi connectivity index (χ0n) is 13.1. The summed E-state index contributed by atoms with van der Waals surface area (Å²) in [4.78, 5) is 16.4. The number of amides is 1. The first kappa shape index (κ1) is 15.5. The zero-order chi connectivity index (χ0) is 16.2. The van der Waals surface area contributed by atoms with E-state index < -0.39 is 0 Å². The molecule has 3 rings (SSSR count). The number of benzene rings is 2. The molecule has 1 amide bonds. The molecule has 4 nitrogen and oxygen atoms in total. The molecule has 3 aromatic rings. The Morgan fingerprint density at radius 1 is 1.22 bits per heavy atom. The standard InChI is InChI=1S/C18H18N2O2S/c1-3-13-6-9-15-16(10-13)23-18(19-15)20-17(21)11-22-14-7-4-12(2)5-8-14/h4-10H,3,11H2,1-2H3,(H,19,20,21). The first-order valence-corrected chi connectivity index (χ1v) is 8.34. The Morgan fingerprint density at radius 3 is 2.74 bits per heavy atom. The molecule has 23 heavy (non-hydrogen) atoms. The lowest BCUT2D eigenvalue weighted by atomic mass is 10.2. The predicted molar refractivity (Wildman–Crippen MR) is 94.3 cm³/mol. The summed E-state index contributed by atoms with van der Waals surface area (Å²) in [5.41, 5.74) is 3.33. The number of aromatic nitrogens is 1. The molecule has 118 valence electrons. The second kappa shape index (κ2) is 6.79. The SMILES string of the molecule is CCc1ccc2nc(NC(=O)COc3ccc(C)cc3)sc2c1. The van der Waals surface area contributed by atoms with Gasteiger partial charge in [-0.3, -0.25) is 10.1 Å². The average Bonchev–Trinajstić information content (AvgIpc) is 2.95. The second-order valence-corrected chi connectivity index (χ2v) is 6.36. The van der Waals surface area contributed by atoms with Crippen LogP contribution in [0.1, 0.15) is 18.1 Å². The summed E-state index contributed by atoms with van der Waals surface area (Å²) >= 11 is 1.48. The number of fused-ring (bicyclic) bond motifs is 1. The van der Waals surface area contributed by atoms with Crippen LogP contribution in [-0.2, 0) is 11.2 Å². The van der Waals surface area contributed by atoms with Crippen LogP contribution < -0.4 is 10.1 Å². The highest BCUT2D eigenvalue weighted by molar-refractivity contribution is 7.22. The molecule has 0 aliphatic rings. The van der Waals surface area contributed by atoms with E-state index in [-0.39, 0.29) is 12.5 Å². The largest absolute Gasteiger partial charge is 0.484 e. The number of anilines is 1. The van der Waals surface area contributed by atoms with Crippen LogP contribution in [0, 0.1) is 6.92 Å². The summed E-state index contributed by atoms with van der Waals surface area (Å²) in [5.74, 6) is 0.475. The fraction of sp³-hybridized carbons (Fsp3) is 0.222. The van der Waals surface area contributed by atoms with Gasteiger partial charge in [0.25, 0.3) is 5.91 Å². The van der Waals surface area contributed by atoms with Crippen molar-refractivity contribution in [1.29, 1.82) is 0 Å². The topological polar surface area (TPSA) is 51.2 Å². The Kier molecular flexibility index (Phi) is 4.57. The molecule has 0 fully saturated rings. The van der Waals surface area contributed by atoms with Crippen molar-refractivity contribution in [3.63, 3.8) is 0 Å². The first-order valence-electron chi connectivity index (χ1n) is 7.53. The number of hydrogen-bond donors (Lipinski definition) is 1. The van der Waals surface area contributed by atoms with Gasteiger partial charge in [-0.15, -0.1) is 0 Å². The number of hydrogen-bond acceptors (Lipinski definition) is 4. The molecular weight excluding hydrogens is 308 g/mol. The van der Waals surface area contributed by atoms with Crippen LogP contribution >= 0.6 is 11.3 Å². The lowest BCUT2D eigenvalue weighted by Gasteiger charge is -2.05. The Hall–Kier alpha value is -2.40. The van der Waals surface area contributed by atoms with E-state index in [0.717, 1.165) is 22.2 Å². The second-order valence-electron chi connectivity index (χ2n) is 5.32. The van der Waals surface area contributed by atoms with Crippen LogP contribution in [-0.4, -0.2) is 17.5 Å². The highest BCUT2D eigenvalue weighted by Gasteiger charge is 2.09. The van der Waals surface area contributed by atoms with Crippen molar-refractivity contribution in [3.05, 3.63) is 53.6 Å². The molecule has 0 aliphatic carbocycles. The molecule has 1 N–H and O–H groups in total. The van der Waals surface area contributed by atoms with Gasteiger partial charge >= 0.3 is 0 Å². The predicted octanol–water partition coefficient (Wildman–Crippen LogP) is 4.18. The van der Waals surface area contributed by atoms with Crippen LogP contribution in [0.5, 0.6) is 5.75 Å². The van der Waals surface area contributed by atoms with Crippen LogP contribution in [0.3, 0.4) is 0 Å². The molecule has 5 heteroatoms. The number of nitrogens with one attached hydrogen (secondary N) is 1. The van der Waals surface area contributed by atoms with Gasteiger partial charge in [0.15, 0.2) is 11.7 Å². The summed E-state index contributed by atoms with van der Waals surface area (Å²) in [6, 6.07) is 13.8. The molecule has 1 heterocycles. The van der Waals surface area contributed by atoms with Crippen LogP contribution in [0.2, 0.25) is 0 Å². The van der Waals surface area contributed by atoms with Gasteiger partial charge in [-0.25, -0.2) is 4.98 Å². The Morgan fingerprint density at radius 2 is 2.00 bits per heavy atom. The summed E-state index contributed by atoms with van der Waals surface area (Å²) in [6.45, 7) is 4.10. The minimum absolute atomic E-state index is 0.0286. The maximum absolute atomic E-state index is 12.0. The number of carbonyl (C=O) groups is 1. The molecule has 0 spiro atoms. The lowest BCUT2D eigenvalue weighted by molar-refractivity contribution is -0.118. The quantitative estimate of drug-likeness (QED) is 0.765. The summed E-state index contributed by atoms with van der Waals surface area (Å²) in [7, 11) is 0. The molecular formula is C18H18N2O2S. The number of rotatable bonds is 5. The molecule has 1 aromatic heterocycles. The molecule has 0 radical (unpaired) electrons. The smallest absolute Gasteiger partial charge is 0.264 e. The van der Waals surface area contributed by atoms with Gasteiger partial charge in [-0.2, -0.15) is 0 Å². The minimum Gasteiger partial charge on any atom is -0.484 e. The van der Waals surface area contributed by atoms with Crippen LogP contribution in [0.15, 0.2) is 42.5 Å². The molecule has 0 saturated carbocycles. The Labute approximate surface area is 139 Å². The van der Waals surface area contributed by atoms with E-state index in [1.165, 1.54) is 16.9 Å².